The van der Waals surface area contributed by atoms with Crippen molar-refractivity contribution in [3.8, 4) is 5.82 Å². The Morgan fingerprint density at radius 2 is 2.10 bits per heavy atom. The van der Waals surface area contributed by atoms with Crippen molar-refractivity contribution in [1.82, 2.24) is 19.5 Å². The fourth-order valence-corrected chi connectivity index (χ4v) is 3.28. The highest BCUT2D eigenvalue weighted by Gasteiger charge is 2.14. The van der Waals surface area contributed by atoms with E-state index in [0.717, 1.165) is 27.1 Å². The van der Waals surface area contributed by atoms with Crippen molar-refractivity contribution in [2.75, 3.05) is 5.43 Å². The molecule has 3 heterocycles. The summed E-state index contributed by atoms with van der Waals surface area (Å²) in [5.41, 5.74) is 4.46. The summed E-state index contributed by atoms with van der Waals surface area (Å²) in [4.78, 5) is 15.4. The number of aromatic nitrogens is 4. The van der Waals surface area contributed by atoms with Crippen LogP contribution in [0.4, 0.5) is 5.95 Å². The summed E-state index contributed by atoms with van der Waals surface area (Å²) in [6, 6.07) is 10.0. The second kappa shape index (κ2) is 4.51. The van der Waals surface area contributed by atoms with Gasteiger partial charge in [0.15, 0.2) is 5.82 Å². The minimum absolute atomic E-state index is 0.400. The smallest absolute Gasteiger partial charge is 0.240 e. The molecule has 21 heavy (non-hydrogen) atoms. The summed E-state index contributed by atoms with van der Waals surface area (Å²) in [6.07, 6.45) is 1.78. The number of aryl methyl sites for hydroxylation is 1. The molecule has 0 amide bonds. The highest BCUT2D eigenvalue weighted by atomic mass is 32.1. The van der Waals surface area contributed by atoms with Crippen molar-refractivity contribution in [3.05, 3.63) is 41.5 Å². The lowest BCUT2D eigenvalue weighted by Crippen LogP contribution is -2.12. The van der Waals surface area contributed by atoms with E-state index in [1.165, 1.54) is 4.88 Å². The Bertz CT molecular complexity index is 955. The molecule has 0 atom stereocenters. The van der Waals surface area contributed by atoms with E-state index in [1.807, 2.05) is 28.8 Å². The number of nitrogens with one attached hydrogen (secondary N) is 1. The zero-order valence-electron chi connectivity index (χ0n) is 11.2. The lowest BCUT2D eigenvalue weighted by atomic mass is 10.3. The van der Waals surface area contributed by atoms with Gasteiger partial charge in [0.25, 0.3) is 0 Å². The molecular weight excluding hydrogens is 284 g/mol. The van der Waals surface area contributed by atoms with E-state index < -0.39 is 0 Å². The predicted molar refractivity (Wildman–Crippen MR) is 84.6 cm³/mol. The summed E-state index contributed by atoms with van der Waals surface area (Å²) < 4.78 is 1.96. The van der Waals surface area contributed by atoms with Gasteiger partial charge in [-0.25, -0.2) is 15.8 Å². The van der Waals surface area contributed by atoms with E-state index in [0.29, 0.717) is 5.95 Å². The molecular formula is C14H12N6S. The highest BCUT2D eigenvalue weighted by molar-refractivity contribution is 7.18. The lowest BCUT2D eigenvalue weighted by Gasteiger charge is -2.07. The van der Waals surface area contributed by atoms with E-state index in [9.17, 15) is 0 Å². The van der Waals surface area contributed by atoms with Gasteiger partial charge in [-0.2, -0.15) is 4.98 Å². The topological polar surface area (TPSA) is 81.7 Å². The number of hydrogen-bond acceptors (Lipinski definition) is 6. The number of fused-ring (bicyclic) bond motifs is 2. The molecule has 1 aromatic carbocycles. The maximum atomic E-state index is 5.49. The molecule has 3 aromatic heterocycles. The van der Waals surface area contributed by atoms with E-state index in [-0.39, 0.29) is 0 Å². The number of rotatable bonds is 2. The van der Waals surface area contributed by atoms with Crippen LogP contribution in [-0.2, 0) is 0 Å². The molecule has 0 fully saturated rings. The zero-order valence-corrected chi connectivity index (χ0v) is 12.1. The first-order valence-electron chi connectivity index (χ1n) is 6.43. The van der Waals surface area contributed by atoms with E-state index in [4.69, 9.17) is 5.84 Å². The van der Waals surface area contributed by atoms with Crippen LogP contribution >= 0.6 is 11.3 Å². The van der Waals surface area contributed by atoms with Gasteiger partial charge < -0.3 is 0 Å². The number of nitrogens with two attached hydrogens (primary N) is 1. The van der Waals surface area contributed by atoms with Gasteiger partial charge in [0.1, 0.15) is 11.2 Å². The molecule has 4 rings (SSSR count). The van der Waals surface area contributed by atoms with Crippen LogP contribution < -0.4 is 11.3 Å². The van der Waals surface area contributed by atoms with Crippen molar-refractivity contribution in [2.24, 2.45) is 5.84 Å². The Morgan fingerprint density at radius 3 is 2.95 bits per heavy atom. The third-order valence-electron chi connectivity index (χ3n) is 3.31. The van der Waals surface area contributed by atoms with Crippen molar-refractivity contribution >= 4 is 38.5 Å². The zero-order chi connectivity index (χ0) is 14.4. The summed E-state index contributed by atoms with van der Waals surface area (Å²) >= 11 is 1.62. The number of hydrogen-bond donors (Lipinski definition) is 2. The molecule has 0 saturated carbocycles. The first-order valence-corrected chi connectivity index (χ1v) is 7.25. The van der Waals surface area contributed by atoms with Crippen LogP contribution in [-0.4, -0.2) is 19.5 Å². The van der Waals surface area contributed by atoms with E-state index in [2.05, 4.69) is 33.4 Å². The molecule has 0 unspecified atom stereocenters. The molecule has 0 aliphatic carbocycles. The Hall–Kier alpha value is -2.51. The first-order chi connectivity index (χ1) is 10.3. The normalized spacial score (nSPS) is 11.3. The van der Waals surface area contributed by atoms with Gasteiger partial charge in [-0.15, -0.1) is 11.3 Å². The van der Waals surface area contributed by atoms with E-state index >= 15 is 0 Å². The minimum Gasteiger partial charge on any atom is -0.292 e. The average molecular weight is 296 g/mol. The third-order valence-corrected chi connectivity index (χ3v) is 4.25. The monoisotopic (exact) mass is 296 g/mol. The fourth-order valence-electron chi connectivity index (χ4n) is 2.40. The number of nitrogens with zero attached hydrogens (tertiary/aromatic N) is 4. The van der Waals surface area contributed by atoms with Gasteiger partial charge >= 0.3 is 0 Å². The molecule has 0 aliphatic heterocycles. The van der Waals surface area contributed by atoms with Crippen LogP contribution in [0.5, 0.6) is 0 Å². The molecule has 0 spiro atoms. The highest BCUT2D eigenvalue weighted by Crippen LogP contribution is 2.30. The lowest BCUT2D eigenvalue weighted by molar-refractivity contribution is 1.02. The van der Waals surface area contributed by atoms with Crippen molar-refractivity contribution in [3.63, 3.8) is 0 Å². The number of para-hydroxylation sites is 2. The molecule has 0 aliphatic rings. The summed E-state index contributed by atoms with van der Waals surface area (Å²) in [7, 11) is 0. The summed E-state index contributed by atoms with van der Waals surface area (Å²) in [6.45, 7) is 2.05. The maximum Gasteiger partial charge on any atom is 0.240 e. The summed E-state index contributed by atoms with van der Waals surface area (Å²) in [5.74, 6) is 6.67. The molecule has 4 aromatic rings. The van der Waals surface area contributed by atoms with Crippen LogP contribution in [0, 0.1) is 6.92 Å². The molecule has 0 saturated heterocycles. The molecule has 3 N–H and O–H groups in total. The van der Waals surface area contributed by atoms with Crippen molar-refractivity contribution in [2.45, 2.75) is 6.92 Å². The Kier molecular flexibility index (Phi) is 2.63. The Labute approximate surface area is 124 Å². The first kappa shape index (κ1) is 12.2. The van der Waals surface area contributed by atoms with Gasteiger partial charge in [-0.1, -0.05) is 12.1 Å². The second-order valence-corrected chi connectivity index (χ2v) is 5.93. The number of hydrazine groups is 1. The SMILES string of the molecule is Cc1cc2c(-n3cnc4ccccc43)nc(NN)nc2s1. The fraction of sp³-hybridized carbons (Fsp3) is 0.0714. The largest absolute Gasteiger partial charge is 0.292 e. The Balaban J connectivity index is 2.09. The van der Waals surface area contributed by atoms with Gasteiger partial charge in [0.05, 0.1) is 16.4 Å². The number of nitrogen functional groups attached to an aromatic ring is 1. The molecule has 0 radical (unpaired) electrons. The minimum atomic E-state index is 0.400. The quantitative estimate of drug-likeness (QED) is 0.439. The number of thiophene rings is 1. The standard InChI is InChI=1S/C14H12N6S/c1-8-6-9-12(17-14(19-15)18-13(9)21-8)20-7-16-10-4-2-3-5-11(10)20/h2-7H,15H2,1H3,(H,17,18,19). The summed E-state index contributed by atoms with van der Waals surface area (Å²) in [5, 5.41) is 1.000. The van der Waals surface area contributed by atoms with Crippen LogP contribution in [0.1, 0.15) is 4.88 Å². The van der Waals surface area contributed by atoms with Crippen LogP contribution in [0.3, 0.4) is 0 Å². The van der Waals surface area contributed by atoms with Gasteiger partial charge in [0, 0.05) is 4.88 Å². The third kappa shape index (κ3) is 1.86. The predicted octanol–water partition coefficient (Wildman–Crippen LogP) is 2.62. The van der Waals surface area contributed by atoms with Crippen molar-refractivity contribution < 1.29 is 0 Å². The molecule has 6 nitrogen and oxygen atoms in total. The van der Waals surface area contributed by atoms with Crippen LogP contribution in [0.25, 0.3) is 27.1 Å². The molecule has 104 valence electrons. The van der Waals surface area contributed by atoms with Gasteiger partial charge in [-0.05, 0) is 25.1 Å². The van der Waals surface area contributed by atoms with Gasteiger partial charge in [0.2, 0.25) is 5.95 Å². The average Bonchev–Trinajstić information content (AvgIpc) is 3.08. The van der Waals surface area contributed by atoms with Crippen molar-refractivity contribution in [1.29, 1.82) is 0 Å². The second-order valence-electron chi connectivity index (χ2n) is 4.69. The molecule has 7 heteroatoms. The Morgan fingerprint density at radius 1 is 1.24 bits per heavy atom. The van der Waals surface area contributed by atoms with Crippen LogP contribution in [0.2, 0.25) is 0 Å². The van der Waals surface area contributed by atoms with E-state index in [1.54, 1.807) is 17.7 Å². The maximum absolute atomic E-state index is 5.49. The number of imidazole rings is 1. The number of benzene rings is 1. The van der Waals surface area contributed by atoms with Gasteiger partial charge in [-0.3, -0.25) is 9.99 Å². The number of anilines is 1. The van der Waals surface area contributed by atoms with Crippen LogP contribution in [0.15, 0.2) is 36.7 Å². The molecule has 0 bridgehead atoms.